The number of carbonyl (C=O) groups excluding carboxylic acids is 1. The smallest absolute Gasteiger partial charge is 0.317 e. The molecule has 7 nitrogen and oxygen atoms in total. The van der Waals surface area contributed by atoms with Crippen LogP contribution in [0.2, 0.25) is 0 Å². The molecule has 10 heteroatoms. The normalized spacial score (nSPS) is 15.4. The van der Waals surface area contributed by atoms with Crippen LogP contribution < -0.4 is 14.8 Å². The number of carbonyl (C=O) groups is 1. The number of sulfonamides is 1. The van der Waals surface area contributed by atoms with Crippen molar-refractivity contribution in [2.24, 2.45) is 0 Å². The van der Waals surface area contributed by atoms with Gasteiger partial charge in [-0.3, -0.25) is 0 Å². The fourth-order valence-electron chi connectivity index (χ4n) is 2.86. The second-order valence-corrected chi connectivity index (χ2v) is 9.24. The van der Waals surface area contributed by atoms with Gasteiger partial charge in [0, 0.05) is 19.1 Å². The monoisotopic (exact) mass is 427 g/mol. The number of thiophene rings is 1. The summed E-state index contributed by atoms with van der Waals surface area (Å²) in [4.78, 5) is 13.9. The molecule has 1 fully saturated rings. The molecule has 2 aromatic rings. The molecule has 1 aromatic carbocycles. The molecule has 3 rings (SSSR count). The topological polar surface area (TPSA) is 87.7 Å². The Morgan fingerprint density at radius 1 is 1.21 bits per heavy atom. The first-order valence-corrected chi connectivity index (χ1v) is 11.3. The Hall–Kier alpha value is -2.17. The van der Waals surface area contributed by atoms with Crippen LogP contribution in [-0.4, -0.2) is 51.6 Å². The Kier molecular flexibility index (Phi) is 6.87. The molecule has 2 N–H and O–H groups in total. The van der Waals surface area contributed by atoms with Gasteiger partial charge >= 0.3 is 6.03 Å². The molecule has 0 radical (unpaired) electrons. The standard InChI is InChI=1S/C18H22FN3O4S2/c19-14-3-5-16(6-4-14)26-12-9-20-18(23)22-10-7-15(8-11-22)21-28(24,25)17-2-1-13-27-17/h1-6,13,15,21H,7-12H2,(H,20,23). The minimum absolute atomic E-state index is 0.182. The van der Waals surface area contributed by atoms with E-state index in [0.29, 0.717) is 42.4 Å². The Balaban J connectivity index is 1.36. The predicted molar refractivity (Wildman–Crippen MR) is 105 cm³/mol. The molecule has 1 aliphatic rings. The first-order chi connectivity index (χ1) is 13.4. The molecule has 28 heavy (non-hydrogen) atoms. The summed E-state index contributed by atoms with van der Waals surface area (Å²) in [6, 6.07) is 8.56. The number of amides is 2. The third kappa shape index (κ3) is 5.66. The lowest BCUT2D eigenvalue weighted by molar-refractivity contribution is 0.177. The molecule has 152 valence electrons. The van der Waals surface area contributed by atoms with E-state index in [2.05, 4.69) is 10.0 Å². The van der Waals surface area contributed by atoms with Gasteiger partial charge in [-0.15, -0.1) is 11.3 Å². The van der Waals surface area contributed by atoms with Crippen molar-refractivity contribution < 1.29 is 22.3 Å². The van der Waals surface area contributed by atoms with Crippen LogP contribution in [0.1, 0.15) is 12.8 Å². The van der Waals surface area contributed by atoms with Crippen LogP contribution in [0.3, 0.4) is 0 Å². The zero-order valence-corrected chi connectivity index (χ0v) is 16.8. The molecule has 1 saturated heterocycles. The highest BCUT2D eigenvalue weighted by atomic mass is 32.2. The van der Waals surface area contributed by atoms with E-state index in [1.165, 1.54) is 35.6 Å². The van der Waals surface area contributed by atoms with Gasteiger partial charge in [-0.2, -0.15) is 0 Å². The van der Waals surface area contributed by atoms with Gasteiger partial charge in [0.05, 0.1) is 6.54 Å². The molecule has 0 saturated carbocycles. The molecule has 1 aliphatic heterocycles. The van der Waals surface area contributed by atoms with Crippen LogP contribution in [0.25, 0.3) is 0 Å². The molecule has 2 heterocycles. The number of likely N-dealkylation sites (tertiary alicyclic amines) is 1. The largest absolute Gasteiger partial charge is 0.492 e. The summed E-state index contributed by atoms with van der Waals surface area (Å²) in [5.74, 6) is 0.205. The van der Waals surface area contributed by atoms with Crippen LogP contribution in [0.15, 0.2) is 46.0 Å². The summed E-state index contributed by atoms with van der Waals surface area (Å²) in [5.41, 5.74) is 0. The lowest BCUT2D eigenvalue weighted by Gasteiger charge is -2.32. The Labute approximate surface area is 167 Å². The first-order valence-electron chi connectivity index (χ1n) is 8.91. The van der Waals surface area contributed by atoms with Gasteiger partial charge in [-0.1, -0.05) is 6.07 Å². The molecular formula is C18H22FN3O4S2. The maximum absolute atomic E-state index is 12.8. The Morgan fingerprint density at radius 2 is 1.93 bits per heavy atom. The molecular weight excluding hydrogens is 405 g/mol. The molecule has 1 aromatic heterocycles. The fourth-order valence-corrected chi connectivity index (χ4v) is 5.18. The van der Waals surface area contributed by atoms with E-state index >= 15 is 0 Å². The van der Waals surface area contributed by atoms with Crippen molar-refractivity contribution in [3.8, 4) is 5.75 Å². The van der Waals surface area contributed by atoms with E-state index in [9.17, 15) is 17.6 Å². The van der Waals surface area contributed by atoms with E-state index in [1.807, 2.05) is 0 Å². The predicted octanol–water partition coefficient (Wildman–Crippen LogP) is 2.42. The van der Waals surface area contributed by atoms with Crippen molar-refractivity contribution >= 4 is 27.4 Å². The zero-order chi connectivity index (χ0) is 20.0. The lowest BCUT2D eigenvalue weighted by Crippen LogP contribution is -2.49. The SMILES string of the molecule is O=C(NCCOc1ccc(F)cc1)N1CCC(NS(=O)(=O)c2cccs2)CC1. The number of piperidine rings is 1. The Morgan fingerprint density at radius 3 is 2.57 bits per heavy atom. The second kappa shape index (κ2) is 9.35. The quantitative estimate of drug-likeness (QED) is 0.665. The van der Waals surface area contributed by atoms with Crippen molar-refractivity contribution in [1.29, 1.82) is 0 Å². The van der Waals surface area contributed by atoms with E-state index in [-0.39, 0.29) is 24.5 Å². The molecule has 0 bridgehead atoms. The number of halogens is 1. The summed E-state index contributed by atoms with van der Waals surface area (Å²) < 4.78 is 45.8. The number of rotatable bonds is 7. The summed E-state index contributed by atoms with van der Waals surface area (Å²) in [7, 11) is -3.49. The number of ether oxygens (including phenoxy) is 1. The van der Waals surface area contributed by atoms with Crippen molar-refractivity contribution in [3.63, 3.8) is 0 Å². The average molecular weight is 428 g/mol. The molecule has 0 atom stereocenters. The summed E-state index contributed by atoms with van der Waals surface area (Å²) in [5, 5.41) is 4.49. The maximum Gasteiger partial charge on any atom is 0.317 e. The zero-order valence-electron chi connectivity index (χ0n) is 15.1. The van der Waals surface area contributed by atoms with E-state index in [1.54, 1.807) is 22.4 Å². The van der Waals surface area contributed by atoms with Gasteiger partial charge in [0.15, 0.2) is 0 Å². The van der Waals surface area contributed by atoms with Crippen molar-refractivity contribution in [2.45, 2.75) is 23.1 Å². The van der Waals surface area contributed by atoms with Gasteiger partial charge in [0.1, 0.15) is 22.4 Å². The summed E-state index contributed by atoms with van der Waals surface area (Å²) >= 11 is 1.18. The summed E-state index contributed by atoms with van der Waals surface area (Å²) in [6.07, 6.45) is 1.12. The van der Waals surface area contributed by atoms with Crippen LogP contribution in [0.4, 0.5) is 9.18 Å². The number of hydrogen-bond acceptors (Lipinski definition) is 5. The third-order valence-electron chi connectivity index (χ3n) is 4.32. The van der Waals surface area contributed by atoms with Crippen molar-refractivity contribution in [1.82, 2.24) is 14.9 Å². The van der Waals surface area contributed by atoms with Gasteiger partial charge in [0.25, 0.3) is 0 Å². The van der Waals surface area contributed by atoms with Crippen LogP contribution in [-0.2, 0) is 10.0 Å². The van der Waals surface area contributed by atoms with Gasteiger partial charge < -0.3 is 15.0 Å². The number of urea groups is 1. The highest BCUT2D eigenvalue weighted by molar-refractivity contribution is 7.91. The molecule has 2 amide bonds. The lowest BCUT2D eigenvalue weighted by atomic mass is 10.1. The van der Waals surface area contributed by atoms with Crippen molar-refractivity contribution in [3.05, 3.63) is 47.6 Å². The molecule has 0 spiro atoms. The summed E-state index contributed by atoms with van der Waals surface area (Å²) in [6.45, 7) is 1.54. The van der Waals surface area contributed by atoms with Crippen LogP contribution in [0, 0.1) is 5.82 Å². The second-order valence-electron chi connectivity index (χ2n) is 6.35. The minimum atomic E-state index is -3.49. The average Bonchev–Trinajstić information content (AvgIpc) is 3.23. The van der Waals surface area contributed by atoms with Gasteiger partial charge in [0.2, 0.25) is 10.0 Å². The van der Waals surface area contributed by atoms with Crippen LogP contribution in [0.5, 0.6) is 5.75 Å². The fraction of sp³-hybridized carbons (Fsp3) is 0.389. The molecule has 0 aliphatic carbocycles. The van der Waals surface area contributed by atoms with Crippen molar-refractivity contribution in [2.75, 3.05) is 26.2 Å². The Bertz CT molecular complexity index is 865. The van der Waals surface area contributed by atoms with E-state index in [4.69, 9.17) is 4.74 Å². The highest BCUT2D eigenvalue weighted by Gasteiger charge is 2.26. The van der Waals surface area contributed by atoms with Crippen LogP contribution >= 0.6 is 11.3 Å². The minimum Gasteiger partial charge on any atom is -0.492 e. The number of hydrogen-bond donors (Lipinski definition) is 2. The van der Waals surface area contributed by atoms with E-state index in [0.717, 1.165) is 0 Å². The van der Waals surface area contributed by atoms with E-state index < -0.39 is 10.0 Å². The number of nitrogens with one attached hydrogen (secondary N) is 2. The number of benzene rings is 1. The number of nitrogens with zero attached hydrogens (tertiary/aromatic N) is 1. The van der Waals surface area contributed by atoms with Gasteiger partial charge in [-0.25, -0.2) is 22.3 Å². The van der Waals surface area contributed by atoms with Gasteiger partial charge in [-0.05, 0) is 48.6 Å². The molecule has 0 unspecified atom stereocenters. The first kappa shape index (κ1) is 20.6. The maximum atomic E-state index is 12.8. The highest BCUT2D eigenvalue weighted by Crippen LogP contribution is 2.18. The third-order valence-corrected chi connectivity index (χ3v) is 7.24.